The van der Waals surface area contributed by atoms with Crippen molar-refractivity contribution in [3.63, 3.8) is 0 Å². The highest BCUT2D eigenvalue weighted by atomic mass is 15.1. The van der Waals surface area contributed by atoms with Crippen molar-refractivity contribution in [3.8, 4) is 22.6 Å². The van der Waals surface area contributed by atoms with E-state index in [-0.39, 0.29) is 0 Å². The summed E-state index contributed by atoms with van der Waals surface area (Å²) < 4.78 is 0. The van der Waals surface area contributed by atoms with Crippen LogP contribution >= 0.6 is 0 Å². The molecular weight excluding hydrogens is 212 g/mol. The molecule has 0 aliphatic carbocycles. The van der Waals surface area contributed by atoms with Gasteiger partial charge >= 0.3 is 0 Å². The van der Waals surface area contributed by atoms with Crippen molar-refractivity contribution < 1.29 is 0 Å². The lowest BCUT2D eigenvalue weighted by molar-refractivity contribution is 1.09. The maximum absolute atomic E-state index is 4.27. The fourth-order valence-corrected chi connectivity index (χ4v) is 1.64. The summed E-state index contributed by atoms with van der Waals surface area (Å²) in [4.78, 5) is 8.34. The van der Waals surface area contributed by atoms with E-state index in [9.17, 15) is 0 Å². The number of rotatable bonds is 2. The smallest absolute Gasteiger partial charge is 0.0943 e. The van der Waals surface area contributed by atoms with E-state index in [1.165, 1.54) is 0 Å². The molecule has 0 aromatic carbocycles. The second-order valence-electron chi connectivity index (χ2n) is 3.62. The molecule has 3 aromatic rings. The van der Waals surface area contributed by atoms with E-state index in [0.29, 0.717) is 0 Å². The van der Waals surface area contributed by atoms with Crippen molar-refractivity contribution in [2.24, 2.45) is 0 Å². The van der Waals surface area contributed by atoms with Crippen LogP contribution in [0, 0.1) is 0 Å². The molecular formula is C13H10N4. The summed E-state index contributed by atoms with van der Waals surface area (Å²) in [5.74, 6) is 0. The van der Waals surface area contributed by atoms with E-state index in [4.69, 9.17) is 0 Å². The zero-order valence-corrected chi connectivity index (χ0v) is 9.04. The summed E-state index contributed by atoms with van der Waals surface area (Å²) in [6.45, 7) is 0. The van der Waals surface area contributed by atoms with Gasteiger partial charge in [-0.15, -0.1) is 0 Å². The van der Waals surface area contributed by atoms with Crippen molar-refractivity contribution in [2.45, 2.75) is 0 Å². The number of pyridine rings is 2. The minimum absolute atomic E-state index is 0.874. The van der Waals surface area contributed by atoms with Crippen LogP contribution in [0.4, 0.5) is 0 Å². The summed E-state index contributed by atoms with van der Waals surface area (Å²) in [5.41, 5.74) is 3.66. The number of aromatic nitrogens is 4. The monoisotopic (exact) mass is 222 g/mol. The van der Waals surface area contributed by atoms with E-state index >= 15 is 0 Å². The van der Waals surface area contributed by atoms with E-state index in [2.05, 4.69) is 20.2 Å². The number of H-pyrrole nitrogens is 1. The van der Waals surface area contributed by atoms with E-state index < -0.39 is 0 Å². The molecule has 0 spiro atoms. The van der Waals surface area contributed by atoms with Crippen LogP contribution in [-0.4, -0.2) is 20.2 Å². The number of aromatic amines is 1. The molecule has 0 saturated heterocycles. The molecule has 0 fully saturated rings. The predicted molar refractivity (Wildman–Crippen MR) is 65.0 cm³/mol. The standard InChI is InChI=1S/C13H10N4/c1-2-7-15-11(5-1)13-8-12(16-17-13)10-4-3-6-14-9-10/h1-9H,(H,16,17). The van der Waals surface area contributed by atoms with Gasteiger partial charge in [0.1, 0.15) is 0 Å². The van der Waals surface area contributed by atoms with Gasteiger partial charge in [-0.25, -0.2) is 0 Å². The van der Waals surface area contributed by atoms with Gasteiger partial charge in [0.25, 0.3) is 0 Å². The molecule has 3 rings (SSSR count). The quantitative estimate of drug-likeness (QED) is 0.724. The van der Waals surface area contributed by atoms with Gasteiger partial charge in [0.05, 0.1) is 17.1 Å². The van der Waals surface area contributed by atoms with Gasteiger partial charge in [-0.05, 0) is 30.3 Å². The van der Waals surface area contributed by atoms with E-state index in [1.807, 2.05) is 36.4 Å². The molecule has 4 nitrogen and oxygen atoms in total. The molecule has 0 saturated carbocycles. The largest absolute Gasteiger partial charge is 0.276 e. The average Bonchev–Trinajstić information content (AvgIpc) is 2.90. The first kappa shape index (κ1) is 9.72. The topological polar surface area (TPSA) is 54.5 Å². The number of nitrogens with one attached hydrogen (secondary N) is 1. The Morgan fingerprint density at radius 2 is 1.94 bits per heavy atom. The van der Waals surface area contributed by atoms with Gasteiger partial charge in [-0.1, -0.05) is 6.07 Å². The Labute approximate surface area is 98.4 Å². The fourth-order valence-electron chi connectivity index (χ4n) is 1.64. The minimum Gasteiger partial charge on any atom is -0.276 e. The van der Waals surface area contributed by atoms with Crippen molar-refractivity contribution in [1.82, 2.24) is 20.2 Å². The summed E-state index contributed by atoms with van der Waals surface area (Å²) >= 11 is 0. The van der Waals surface area contributed by atoms with Crippen LogP contribution in [0.3, 0.4) is 0 Å². The highest BCUT2D eigenvalue weighted by molar-refractivity contribution is 5.65. The molecule has 3 aromatic heterocycles. The van der Waals surface area contributed by atoms with Gasteiger partial charge in [0.2, 0.25) is 0 Å². The third kappa shape index (κ3) is 1.92. The number of hydrogen-bond acceptors (Lipinski definition) is 3. The number of nitrogens with zero attached hydrogens (tertiary/aromatic N) is 3. The van der Waals surface area contributed by atoms with Crippen molar-refractivity contribution >= 4 is 0 Å². The fraction of sp³-hybridized carbons (Fsp3) is 0. The highest BCUT2D eigenvalue weighted by Crippen LogP contribution is 2.21. The maximum atomic E-state index is 4.27. The SMILES string of the molecule is c1ccc(-c2cc(-c3cccnc3)n[nH]2)nc1. The van der Waals surface area contributed by atoms with Crippen LogP contribution in [0.1, 0.15) is 0 Å². The molecule has 4 heteroatoms. The number of hydrogen-bond donors (Lipinski definition) is 1. The van der Waals surface area contributed by atoms with Crippen LogP contribution in [0.25, 0.3) is 22.6 Å². The summed E-state index contributed by atoms with van der Waals surface area (Å²) in [6.07, 6.45) is 5.30. The molecule has 0 atom stereocenters. The van der Waals surface area contributed by atoms with Gasteiger partial charge in [-0.3, -0.25) is 15.1 Å². The Kier molecular flexibility index (Phi) is 2.38. The first-order chi connectivity index (χ1) is 8.43. The molecule has 17 heavy (non-hydrogen) atoms. The van der Waals surface area contributed by atoms with Gasteiger partial charge < -0.3 is 0 Å². The van der Waals surface area contributed by atoms with E-state index in [0.717, 1.165) is 22.6 Å². The first-order valence-corrected chi connectivity index (χ1v) is 5.31. The van der Waals surface area contributed by atoms with Crippen LogP contribution in [0.15, 0.2) is 55.0 Å². The van der Waals surface area contributed by atoms with Crippen LogP contribution in [0.5, 0.6) is 0 Å². The Morgan fingerprint density at radius 1 is 0.941 bits per heavy atom. The van der Waals surface area contributed by atoms with Gasteiger partial charge in [-0.2, -0.15) is 5.10 Å². The van der Waals surface area contributed by atoms with Crippen molar-refractivity contribution in [3.05, 3.63) is 55.0 Å². The molecule has 3 heterocycles. The summed E-state index contributed by atoms with van der Waals surface area (Å²) in [7, 11) is 0. The second kappa shape index (κ2) is 4.17. The Bertz CT molecular complexity index is 548. The molecule has 0 amide bonds. The molecule has 1 N–H and O–H groups in total. The zero-order chi connectivity index (χ0) is 11.5. The summed E-state index contributed by atoms with van der Waals surface area (Å²) in [5, 5.41) is 7.24. The highest BCUT2D eigenvalue weighted by Gasteiger charge is 2.05. The lowest BCUT2D eigenvalue weighted by Crippen LogP contribution is -1.80. The molecule has 82 valence electrons. The predicted octanol–water partition coefficient (Wildman–Crippen LogP) is 2.53. The maximum Gasteiger partial charge on any atom is 0.0943 e. The Morgan fingerprint density at radius 3 is 2.71 bits per heavy atom. The third-order valence-electron chi connectivity index (χ3n) is 2.48. The second-order valence-corrected chi connectivity index (χ2v) is 3.62. The normalized spacial score (nSPS) is 10.4. The third-order valence-corrected chi connectivity index (χ3v) is 2.48. The van der Waals surface area contributed by atoms with Crippen molar-refractivity contribution in [2.75, 3.05) is 0 Å². The first-order valence-electron chi connectivity index (χ1n) is 5.31. The summed E-state index contributed by atoms with van der Waals surface area (Å²) in [6, 6.07) is 11.6. The van der Waals surface area contributed by atoms with Crippen LogP contribution in [0.2, 0.25) is 0 Å². The molecule has 0 aliphatic rings. The van der Waals surface area contributed by atoms with Crippen molar-refractivity contribution in [1.29, 1.82) is 0 Å². The molecule has 0 radical (unpaired) electrons. The van der Waals surface area contributed by atoms with Crippen LogP contribution in [-0.2, 0) is 0 Å². The molecule has 0 unspecified atom stereocenters. The average molecular weight is 222 g/mol. The van der Waals surface area contributed by atoms with Gasteiger partial charge in [0.15, 0.2) is 0 Å². The molecule has 0 bridgehead atoms. The Hall–Kier alpha value is -2.49. The lowest BCUT2D eigenvalue weighted by atomic mass is 10.2. The minimum atomic E-state index is 0.874. The van der Waals surface area contributed by atoms with E-state index in [1.54, 1.807) is 18.6 Å². The Balaban J connectivity index is 1.99. The lowest BCUT2D eigenvalue weighted by Gasteiger charge is -1.93. The zero-order valence-electron chi connectivity index (χ0n) is 9.04. The van der Waals surface area contributed by atoms with Crippen LogP contribution < -0.4 is 0 Å². The van der Waals surface area contributed by atoms with Gasteiger partial charge in [0, 0.05) is 24.2 Å². The molecule has 0 aliphatic heterocycles.